The molecule has 0 unspecified atom stereocenters. The van der Waals surface area contributed by atoms with Gasteiger partial charge in [0, 0.05) is 23.8 Å². The van der Waals surface area contributed by atoms with Crippen molar-refractivity contribution < 1.29 is 20.1 Å². The van der Waals surface area contributed by atoms with Crippen molar-refractivity contribution in [3.63, 3.8) is 0 Å². The van der Waals surface area contributed by atoms with E-state index in [0.717, 1.165) is 27.7 Å². The Balaban J connectivity index is 1.77. The molecule has 0 saturated carbocycles. The quantitative estimate of drug-likeness (QED) is 0.399. The molecule has 0 fully saturated rings. The molecule has 0 aliphatic rings. The van der Waals surface area contributed by atoms with E-state index in [4.69, 9.17) is 4.74 Å². The lowest BCUT2D eigenvalue weighted by Crippen LogP contribution is -2.17. The van der Waals surface area contributed by atoms with Crippen molar-refractivity contribution in [3.8, 4) is 11.5 Å². The minimum Gasteiger partial charge on any atom is -0.507 e. The zero-order chi connectivity index (χ0) is 22.2. The third-order valence-electron chi connectivity index (χ3n) is 5.32. The Kier molecular flexibility index (Phi) is 7.91. The minimum absolute atomic E-state index is 0.127. The standard InChI is InChI=1S/C27H30O4/c1-19(2)27(30)17-20(18-31-21-10-4-3-5-11-21)9-8-14-25(28)24-15-16-26(29)23-13-7-6-12-22(23)24/h3-8,10-13,15-16,19,25,27-30H,14,17-18H2,1-2H3/t9?,25-,27-/m1/s1. The first kappa shape index (κ1) is 22.6. The number of ether oxygens (including phenoxy) is 1. The van der Waals surface area contributed by atoms with Crippen LogP contribution in [0.4, 0.5) is 0 Å². The highest BCUT2D eigenvalue weighted by atomic mass is 16.5. The van der Waals surface area contributed by atoms with E-state index in [0.29, 0.717) is 19.4 Å². The lowest BCUT2D eigenvalue weighted by Gasteiger charge is -2.16. The fourth-order valence-electron chi connectivity index (χ4n) is 3.37. The Labute approximate surface area is 183 Å². The number of phenols is 1. The highest BCUT2D eigenvalue weighted by molar-refractivity contribution is 5.91. The molecule has 4 nitrogen and oxygen atoms in total. The number of aromatic hydroxyl groups is 1. The van der Waals surface area contributed by atoms with Gasteiger partial charge in [-0.2, -0.15) is 0 Å². The van der Waals surface area contributed by atoms with E-state index in [9.17, 15) is 15.3 Å². The van der Waals surface area contributed by atoms with Crippen LogP contribution in [0.25, 0.3) is 10.8 Å². The second kappa shape index (κ2) is 10.8. The van der Waals surface area contributed by atoms with Gasteiger partial charge in [-0.25, -0.2) is 0 Å². The lowest BCUT2D eigenvalue weighted by atomic mass is 9.97. The van der Waals surface area contributed by atoms with Crippen molar-refractivity contribution in [1.82, 2.24) is 0 Å². The summed E-state index contributed by atoms with van der Waals surface area (Å²) >= 11 is 0. The number of aliphatic hydroxyl groups is 2. The molecule has 3 rings (SSSR count). The van der Waals surface area contributed by atoms with Gasteiger partial charge in [-0.3, -0.25) is 0 Å². The van der Waals surface area contributed by atoms with Crippen molar-refractivity contribution in [2.24, 2.45) is 5.92 Å². The molecule has 4 heteroatoms. The van der Waals surface area contributed by atoms with Crippen LogP contribution in [0.1, 0.15) is 38.4 Å². The number of fused-ring (bicyclic) bond motifs is 1. The summed E-state index contributed by atoms with van der Waals surface area (Å²) in [6.45, 7) is 4.27. The fourth-order valence-corrected chi connectivity index (χ4v) is 3.37. The molecule has 3 aromatic rings. The van der Waals surface area contributed by atoms with E-state index < -0.39 is 12.2 Å². The molecule has 0 saturated heterocycles. The number of phenolic OH excluding ortho intramolecular Hbond substituents is 1. The van der Waals surface area contributed by atoms with Crippen LogP contribution in [0, 0.1) is 5.92 Å². The summed E-state index contributed by atoms with van der Waals surface area (Å²) < 4.78 is 5.84. The van der Waals surface area contributed by atoms with E-state index in [2.05, 4.69) is 5.73 Å². The van der Waals surface area contributed by atoms with Gasteiger partial charge in [0.15, 0.2) is 0 Å². The fraction of sp³-hybridized carbons (Fsp3) is 0.296. The molecule has 0 aromatic heterocycles. The smallest absolute Gasteiger partial charge is 0.123 e. The van der Waals surface area contributed by atoms with E-state index in [1.54, 1.807) is 18.2 Å². The molecule has 0 aliphatic carbocycles. The van der Waals surface area contributed by atoms with Crippen LogP contribution in [0.3, 0.4) is 0 Å². The number of benzene rings is 3. The maximum atomic E-state index is 10.8. The summed E-state index contributed by atoms with van der Waals surface area (Å²) in [7, 11) is 0. The summed E-state index contributed by atoms with van der Waals surface area (Å²) in [5.41, 5.74) is 4.83. The van der Waals surface area contributed by atoms with Crippen molar-refractivity contribution in [2.45, 2.75) is 38.9 Å². The zero-order valence-corrected chi connectivity index (χ0v) is 18.0. The van der Waals surface area contributed by atoms with Gasteiger partial charge < -0.3 is 20.1 Å². The summed E-state index contributed by atoms with van der Waals surface area (Å²) in [4.78, 5) is 0. The van der Waals surface area contributed by atoms with Crippen LogP contribution in [-0.2, 0) is 0 Å². The molecule has 31 heavy (non-hydrogen) atoms. The maximum Gasteiger partial charge on any atom is 0.123 e. The van der Waals surface area contributed by atoms with E-state index in [-0.39, 0.29) is 11.7 Å². The zero-order valence-electron chi connectivity index (χ0n) is 18.0. The molecule has 2 atom stereocenters. The van der Waals surface area contributed by atoms with Crippen molar-refractivity contribution in [2.75, 3.05) is 6.61 Å². The van der Waals surface area contributed by atoms with Gasteiger partial charge in [-0.1, -0.05) is 62.4 Å². The molecule has 0 heterocycles. The Morgan fingerprint density at radius 3 is 2.32 bits per heavy atom. The third kappa shape index (κ3) is 6.22. The minimum atomic E-state index is -0.732. The van der Waals surface area contributed by atoms with Gasteiger partial charge in [-0.15, -0.1) is 5.73 Å². The molecular formula is C27H30O4. The molecule has 0 amide bonds. The number of hydrogen-bond donors (Lipinski definition) is 3. The molecule has 3 N–H and O–H groups in total. The lowest BCUT2D eigenvalue weighted by molar-refractivity contribution is 0.122. The molecular weight excluding hydrogens is 388 g/mol. The van der Waals surface area contributed by atoms with Crippen LogP contribution < -0.4 is 4.74 Å². The van der Waals surface area contributed by atoms with Crippen molar-refractivity contribution in [1.29, 1.82) is 0 Å². The predicted molar refractivity (Wildman–Crippen MR) is 124 cm³/mol. The summed E-state index contributed by atoms with van der Waals surface area (Å²) in [5, 5.41) is 32.7. The molecule has 0 spiro atoms. The first-order valence-electron chi connectivity index (χ1n) is 10.6. The third-order valence-corrected chi connectivity index (χ3v) is 5.32. The predicted octanol–water partition coefficient (Wildman–Crippen LogP) is 5.54. The van der Waals surface area contributed by atoms with Gasteiger partial charge in [0.2, 0.25) is 0 Å². The summed E-state index contributed by atoms with van der Waals surface area (Å²) in [6.07, 6.45) is 1.40. The average Bonchev–Trinajstić information content (AvgIpc) is 2.78. The second-order valence-corrected chi connectivity index (χ2v) is 8.04. The molecule has 0 radical (unpaired) electrons. The Bertz CT molecular complexity index is 1050. The van der Waals surface area contributed by atoms with Crippen LogP contribution in [0.2, 0.25) is 0 Å². The Morgan fingerprint density at radius 1 is 0.935 bits per heavy atom. The van der Waals surface area contributed by atoms with Gasteiger partial charge in [0.25, 0.3) is 0 Å². The highest BCUT2D eigenvalue weighted by Gasteiger charge is 2.14. The SMILES string of the molecule is CC(C)[C@H](O)CC(=C=CC[C@@H](O)c1ccc(O)c2ccccc12)COc1ccccc1. The number of aliphatic hydroxyl groups excluding tert-OH is 2. The van der Waals surface area contributed by atoms with Gasteiger partial charge in [0.1, 0.15) is 18.1 Å². The normalized spacial score (nSPS) is 12.9. The van der Waals surface area contributed by atoms with Gasteiger partial charge in [0.05, 0.1) is 12.2 Å². The largest absolute Gasteiger partial charge is 0.507 e. The average molecular weight is 419 g/mol. The number of rotatable bonds is 9. The maximum absolute atomic E-state index is 10.8. The Morgan fingerprint density at radius 2 is 1.61 bits per heavy atom. The van der Waals surface area contributed by atoms with Crippen molar-refractivity contribution in [3.05, 3.63) is 89.7 Å². The molecule has 0 aliphatic heterocycles. The first-order chi connectivity index (χ1) is 15.0. The molecule has 162 valence electrons. The van der Waals surface area contributed by atoms with Crippen LogP contribution in [-0.4, -0.2) is 28.0 Å². The van der Waals surface area contributed by atoms with Crippen LogP contribution >= 0.6 is 0 Å². The van der Waals surface area contributed by atoms with E-state index in [1.165, 1.54) is 0 Å². The van der Waals surface area contributed by atoms with Gasteiger partial charge >= 0.3 is 0 Å². The number of hydrogen-bond acceptors (Lipinski definition) is 4. The summed E-state index contributed by atoms with van der Waals surface area (Å²) in [6, 6.07) is 20.4. The summed E-state index contributed by atoms with van der Waals surface area (Å²) in [5.74, 6) is 1.09. The van der Waals surface area contributed by atoms with E-state index >= 15 is 0 Å². The monoisotopic (exact) mass is 418 g/mol. The topological polar surface area (TPSA) is 69.9 Å². The second-order valence-electron chi connectivity index (χ2n) is 8.04. The first-order valence-corrected chi connectivity index (χ1v) is 10.6. The van der Waals surface area contributed by atoms with Crippen LogP contribution in [0.5, 0.6) is 11.5 Å². The van der Waals surface area contributed by atoms with Gasteiger partial charge in [-0.05, 0) is 41.1 Å². The molecule has 0 bridgehead atoms. The van der Waals surface area contributed by atoms with Crippen molar-refractivity contribution >= 4 is 10.8 Å². The number of para-hydroxylation sites is 1. The molecule has 3 aromatic carbocycles. The highest BCUT2D eigenvalue weighted by Crippen LogP contribution is 2.32. The Hall–Kier alpha value is -3.04. The van der Waals surface area contributed by atoms with E-state index in [1.807, 2.05) is 68.4 Å². The van der Waals surface area contributed by atoms with Crippen LogP contribution in [0.15, 0.2) is 84.1 Å².